The summed E-state index contributed by atoms with van der Waals surface area (Å²) < 4.78 is 0. The molecular weight excluding hydrogens is 234 g/mol. The molecule has 3 nitrogen and oxygen atoms in total. The number of nitrogens with zero attached hydrogens (tertiary/aromatic N) is 1. The lowest BCUT2D eigenvalue weighted by atomic mass is 9.83. The Morgan fingerprint density at radius 3 is 2.94 bits per heavy atom. The molecule has 0 spiro atoms. The van der Waals surface area contributed by atoms with Crippen LogP contribution in [0.15, 0.2) is 54.5 Å². The van der Waals surface area contributed by atoms with E-state index in [1.807, 2.05) is 31.2 Å². The van der Waals surface area contributed by atoms with Crippen molar-refractivity contribution in [3.05, 3.63) is 65.2 Å². The minimum Gasteiger partial charge on any atom is -0.386 e. The van der Waals surface area contributed by atoms with Crippen LogP contribution in [0.25, 0.3) is 0 Å². The standard InChI is InChI=1S/C13H14ClN3/c1-9(2)13(7-3-6-11(15)17-13)10-5-4-8-16-12(10)14/h3-8,17H,1,15H2,2H3. The summed E-state index contributed by atoms with van der Waals surface area (Å²) in [5.74, 6) is 0.579. The van der Waals surface area contributed by atoms with Gasteiger partial charge in [0.1, 0.15) is 10.7 Å². The Morgan fingerprint density at radius 1 is 1.59 bits per heavy atom. The van der Waals surface area contributed by atoms with Crippen molar-refractivity contribution in [3.8, 4) is 0 Å². The summed E-state index contributed by atoms with van der Waals surface area (Å²) in [7, 11) is 0. The second-order valence-electron chi connectivity index (χ2n) is 4.04. The number of aromatic nitrogens is 1. The molecule has 3 N–H and O–H groups in total. The molecule has 0 aliphatic carbocycles. The first kappa shape index (κ1) is 11.7. The number of dihydropyridines is 1. The van der Waals surface area contributed by atoms with Crippen LogP contribution in [0.4, 0.5) is 0 Å². The number of hydrogen-bond donors (Lipinski definition) is 2. The first-order valence-electron chi connectivity index (χ1n) is 5.26. The molecule has 0 bridgehead atoms. The van der Waals surface area contributed by atoms with Crippen LogP contribution < -0.4 is 11.1 Å². The van der Waals surface area contributed by atoms with Crippen molar-refractivity contribution in [2.75, 3.05) is 0 Å². The summed E-state index contributed by atoms with van der Waals surface area (Å²) in [6, 6.07) is 3.76. The number of nitrogens with one attached hydrogen (secondary N) is 1. The van der Waals surface area contributed by atoms with E-state index in [9.17, 15) is 0 Å². The van der Waals surface area contributed by atoms with E-state index in [1.165, 1.54) is 0 Å². The third-order valence-corrected chi connectivity index (χ3v) is 3.12. The average Bonchev–Trinajstić information content (AvgIpc) is 2.29. The van der Waals surface area contributed by atoms with Gasteiger partial charge in [0, 0.05) is 11.8 Å². The lowest BCUT2D eigenvalue weighted by molar-refractivity contribution is 0.526. The van der Waals surface area contributed by atoms with Crippen molar-refractivity contribution in [2.45, 2.75) is 12.5 Å². The van der Waals surface area contributed by atoms with E-state index >= 15 is 0 Å². The number of nitrogens with two attached hydrogens (primary N) is 1. The van der Waals surface area contributed by atoms with Crippen LogP contribution in [0.3, 0.4) is 0 Å². The highest BCUT2D eigenvalue weighted by atomic mass is 35.5. The zero-order chi connectivity index (χ0) is 12.5. The highest BCUT2D eigenvalue weighted by Gasteiger charge is 2.34. The smallest absolute Gasteiger partial charge is 0.135 e. The second-order valence-corrected chi connectivity index (χ2v) is 4.39. The van der Waals surface area contributed by atoms with Gasteiger partial charge < -0.3 is 11.1 Å². The van der Waals surface area contributed by atoms with E-state index < -0.39 is 5.54 Å². The Kier molecular flexibility index (Phi) is 2.94. The van der Waals surface area contributed by atoms with E-state index in [2.05, 4.69) is 16.9 Å². The molecule has 17 heavy (non-hydrogen) atoms. The number of hydrogen-bond acceptors (Lipinski definition) is 3. The maximum absolute atomic E-state index is 6.15. The first-order chi connectivity index (χ1) is 8.06. The van der Waals surface area contributed by atoms with Crippen LogP contribution in [-0.2, 0) is 5.54 Å². The van der Waals surface area contributed by atoms with Crippen LogP contribution in [-0.4, -0.2) is 4.98 Å². The van der Waals surface area contributed by atoms with Crippen molar-refractivity contribution in [1.82, 2.24) is 10.3 Å². The molecule has 0 saturated carbocycles. The van der Waals surface area contributed by atoms with Gasteiger partial charge in [0.2, 0.25) is 0 Å². The third kappa shape index (κ3) is 1.94. The van der Waals surface area contributed by atoms with E-state index in [1.54, 1.807) is 12.3 Å². The molecule has 4 heteroatoms. The average molecular weight is 248 g/mol. The molecule has 1 aliphatic heterocycles. The van der Waals surface area contributed by atoms with E-state index in [0.29, 0.717) is 11.0 Å². The predicted molar refractivity (Wildman–Crippen MR) is 70.3 cm³/mol. The third-order valence-electron chi connectivity index (χ3n) is 2.82. The maximum atomic E-state index is 6.15. The van der Waals surface area contributed by atoms with Crippen molar-refractivity contribution < 1.29 is 0 Å². The van der Waals surface area contributed by atoms with Crippen molar-refractivity contribution in [3.63, 3.8) is 0 Å². The molecule has 1 aliphatic rings. The van der Waals surface area contributed by atoms with Gasteiger partial charge in [0.15, 0.2) is 0 Å². The van der Waals surface area contributed by atoms with Gasteiger partial charge >= 0.3 is 0 Å². The summed E-state index contributed by atoms with van der Waals surface area (Å²) in [6.45, 7) is 5.95. The lowest BCUT2D eigenvalue weighted by Crippen LogP contribution is -2.44. The Balaban J connectivity index is 2.58. The van der Waals surface area contributed by atoms with Crippen molar-refractivity contribution in [1.29, 1.82) is 0 Å². The zero-order valence-electron chi connectivity index (χ0n) is 9.57. The van der Waals surface area contributed by atoms with Gasteiger partial charge in [-0.05, 0) is 24.6 Å². The van der Waals surface area contributed by atoms with Gasteiger partial charge in [-0.1, -0.05) is 36.4 Å². The number of pyridine rings is 1. The van der Waals surface area contributed by atoms with Crippen molar-refractivity contribution >= 4 is 11.6 Å². The predicted octanol–water partition coefficient (Wildman–Crippen LogP) is 2.47. The molecule has 0 radical (unpaired) electrons. The molecule has 0 amide bonds. The fourth-order valence-electron chi connectivity index (χ4n) is 1.92. The molecule has 0 aromatic carbocycles. The lowest BCUT2D eigenvalue weighted by Gasteiger charge is -2.36. The molecule has 88 valence electrons. The molecule has 0 fully saturated rings. The van der Waals surface area contributed by atoms with Gasteiger partial charge in [-0.2, -0.15) is 0 Å². The number of halogens is 1. The van der Waals surface area contributed by atoms with Gasteiger partial charge in [-0.15, -0.1) is 0 Å². The van der Waals surface area contributed by atoms with Gasteiger partial charge in [0.05, 0.1) is 5.82 Å². The van der Waals surface area contributed by atoms with Crippen LogP contribution in [0.5, 0.6) is 0 Å². The molecular formula is C13H14ClN3. The molecule has 0 saturated heterocycles. The molecule has 1 aromatic rings. The summed E-state index contributed by atoms with van der Waals surface area (Å²) in [4.78, 5) is 4.10. The molecule has 1 unspecified atom stereocenters. The van der Waals surface area contributed by atoms with E-state index in [4.69, 9.17) is 17.3 Å². The van der Waals surface area contributed by atoms with E-state index in [0.717, 1.165) is 11.1 Å². The summed E-state index contributed by atoms with van der Waals surface area (Å²) in [5.41, 5.74) is 7.00. The van der Waals surface area contributed by atoms with Crippen LogP contribution in [0.2, 0.25) is 5.15 Å². The Morgan fingerprint density at radius 2 is 2.35 bits per heavy atom. The fraction of sp³-hybridized carbons (Fsp3) is 0.154. The minimum absolute atomic E-state index is 0.447. The normalized spacial score (nSPS) is 22.8. The summed E-state index contributed by atoms with van der Waals surface area (Å²) in [5, 5.41) is 3.66. The summed E-state index contributed by atoms with van der Waals surface area (Å²) >= 11 is 6.15. The SMILES string of the molecule is C=C(C)C1(c2cccnc2Cl)C=CC=C(N)N1. The monoisotopic (exact) mass is 247 g/mol. The van der Waals surface area contributed by atoms with E-state index in [-0.39, 0.29) is 0 Å². The molecule has 2 heterocycles. The fourth-order valence-corrected chi connectivity index (χ4v) is 2.19. The molecule has 1 aromatic heterocycles. The molecule has 2 rings (SSSR count). The largest absolute Gasteiger partial charge is 0.386 e. The Hall–Kier alpha value is -1.74. The number of allylic oxidation sites excluding steroid dienone is 2. The first-order valence-corrected chi connectivity index (χ1v) is 5.64. The quantitative estimate of drug-likeness (QED) is 0.624. The highest BCUT2D eigenvalue weighted by molar-refractivity contribution is 6.30. The van der Waals surface area contributed by atoms with Crippen LogP contribution in [0.1, 0.15) is 12.5 Å². The van der Waals surface area contributed by atoms with Gasteiger partial charge in [-0.3, -0.25) is 0 Å². The van der Waals surface area contributed by atoms with Crippen molar-refractivity contribution in [2.24, 2.45) is 5.73 Å². The summed E-state index contributed by atoms with van der Waals surface area (Å²) in [6.07, 6.45) is 7.33. The Labute approximate surface area is 106 Å². The topological polar surface area (TPSA) is 50.9 Å². The van der Waals surface area contributed by atoms with Gasteiger partial charge in [0.25, 0.3) is 0 Å². The highest BCUT2D eigenvalue weighted by Crippen LogP contribution is 2.35. The molecule has 1 atom stereocenters. The Bertz CT molecular complexity index is 519. The second kappa shape index (κ2) is 4.26. The minimum atomic E-state index is -0.579. The maximum Gasteiger partial charge on any atom is 0.135 e. The van der Waals surface area contributed by atoms with Crippen LogP contribution >= 0.6 is 11.6 Å². The van der Waals surface area contributed by atoms with Gasteiger partial charge in [-0.25, -0.2) is 4.98 Å². The number of rotatable bonds is 2. The van der Waals surface area contributed by atoms with Crippen LogP contribution in [0, 0.1) is 0 Å². The zero-order valence-corrected chi connectivity index (χ0v) is 10.3.